The maximum absolute atomic E-state index is 14.1. The van der Waals surface area contributed by atoms with Gasteiger partial charge in [0, 0.05) is 44.4 Å². The summed E-state index contributed by atoms with van der Waals surface area (Å²) in [6.45, 7) is 0.331. The highest BCUT2D eigenvalue weighted by molar-refractivity contribution is 7.18. The van der Waals surface area contributed by atoms with E-state index in [4.69, 9.17) is 15.4 Å². The number of amides is 2. The Morgan fingerprint density at radius 1 is 1.05 bits per heavy atom. The van der Waals surface area contributed by atoms with E-state index in [0.29, 0.717) is 12.4 Å². The minimum absolute atomic E-state index is 0.0355. The SMILES string of the molecule is Nc1ncc(-c2cnn(CCO)c2)c2scc(-c3ccc(N(C(=O)N4OC(=O)CC(=O)O4)c4cccc(F)c4)cc3)c12. The lowest BCUT2D eigenvalue weighted by atomic mass is 10.0. The molecular formula is C28H21FN6O6S. The van der Waals surface area contributed by atoms with Gasteiger partial charge < -0.3 is 20.5 Å². The summed E-state index contributed by atoms with van der Waals surface area (Å²) in [4.78, 5) is 52.0. The molecular weight excluding hydrogens is 567 g/mol. The summed E-state index contributed by atoms with van der Waals surface area (Å²) in [7, 11) is 0. The maximum atomic E-state index is 14.1. The molecule has 0 unspecified atom stereocenters. The van der Waals surface area contributed by atoms with E-state index < -0.39 is 30.2 Å². The first-order valence-corrected chi connectivity index (χ1v) is 13.4. The third-order valence-corrected chi connectivity index (χ3v) is 7.42. The molecule has 2 amide bonds. The predicted molar refractivity (Wildman–Crippen MR) is 150 cm³/mol. The average Bonchev–Trinajstić information content (AvgIpc) is 3.62. The molecule has 4 heterocycles. The Morgan fingerprint density at radius 3 is 2.52 bits per heavy atom. The van der Waals surface area contributed by atoms with Crippen molar-refractivity contribution in [3.8, 4) is 22.3 Å². The number of nitrogens with zero attached hydrogens (tertiary/aromatic N) is 5. The molecule has 0 spiro atoms. The smallest absolute Gasteiger partial charge is 0.394 e. The molecule has 0 bridgehead atoms. The first kappa shape index (κ1) is 26.9. The number of thiophene rings is 1. The first-order valence-electron chi connectivity index (χ1n) is 12.5. The van der Waals surface area contributed by atoms with E-state index in [2.05, 4.69) is 10.1 Å². The summed E-state index contributed by atoms with van der Waals surface area (Å²) >= 11 is 1.48. The van der Waals surface area contributed by atoms with Crippen LogP contribution >= 0.6 is 11.3 Å². The number of halogens is 1. The van der Waals surface area contributed by atoms with Crippen LogP contribution in [0.3, 0.4) is 0 Å². The molecule has 212 valence electrons. The van der Waals surface area contributed by atoms with E-state index in [1.165, 1.54) is 29.5 Å². The lowest BCUT2D eigenvalue weighted by Gasteiger charge is -2.29. The van der Waals surface area contributed by atoms with Crippen LogP contribution in [0.25, 0.3) is 32.3 Å². The molecule has 0 saturated carbocycles. The third kappa shape index (κ3) is 5.00. The van der Waals surface area contributed by atoms with Crippen molar-refractivity contribution >= 4 is 56.6 Å². The van der Waals surface area contributed by atoms with Crippen molar-refractivity contribution in [3.05, 3.63) is 78.3 Å². The zero-order chi connectivity index (χ0) is 29.4. The maximum Gasteiger partial charge on any atom is 0.400 e. The number of fused-ring (bicyclic) bond motifs is 1. The van der Waals surface area contributed by atoms with Gasteiger partial charge in [0.05, 0.1) is 30.7 Å². The quantitative estimate of drug-likeness (QED) is 0.275. The Morgan fingerprint density at radius 2 is 1.81 bits per heavy atom. The van der Waals surface area contributed by atoms with Crippen LogP contribution in [0, 0.1) is 5.82 Å². The fourth-order valence-corrected chi connectivity index (χ4v) is 5.65. The standard InChI is InChI=1S/C28H21FN6O6S/c29-18-2-1-3-20(10-18)34(28(39)35-40-23(37)11-24(38)41-35)19-6-4-16(5-7-19)22-15-42-26-21(13-31-27(30)25(22)26)17-12-32-33(14-17)8-9-36/h1-7,10,12-15,36H,8-9,11H2,(H2,30,31). The number of aromatic nitrogens is 3. The number of hydrogen-bond acceptors (Lipinski definition) is 10. The number of aliphatic hydroxyl groups is 1. The Hall–Kier alpha value is -5.34. The highest BCUT2D eigenvalue weighted by atomic mass is 32.1. The number of rotatable bonds is 6. The molecule has 5 aromatic rings. The molecule has 1 aliphatic heterocycles. The summed E-state index contributed by atoms with van der Waals surface area (Å²) in [6, 6.07) is 10.9. The molecule has 42 heavy (non-hydrogen) atoms. The van der Waals surface area contributed by atoms with Crippen molar-refractivity contribution in [1.29, 1.82) is 0 Å². The minimum Gasteiger partial charge on any atom is -0.394 e. The number of nitrogen functional groups attached to an aromatic ring is 1. The molecule has 2 aromatic carbocycles. The Labute approximate surface area is 240 Å². The van der Waals surface area contributed by atoms with Crippen molar-refractivity contribution in [2.75, 3.05) is 17.2 Å². The number of hydrogen-bond donors (Lipinski definition) is 2. The lowest BCUT2D eigenvalue weighted by Crippen LogP contribution is -2.46. The zero-order valence-corrected chi connectivity index (χ0v) is 22.5. The summed E-state index contributed by atoms with van der Waals surface area (Å²) in [5.74, 6) is -2.21. The molecule has 12 nitrogen and oxygen atoms in total. The van der Waals surface area contributed by atoms with Crippen molar-refractivity contribution in [2.45, 2.75) is 13.0 Å². The average molecular weight is 589 g/mol. The van der Waals surface area contributed by atoms with E-state index in [-0.39, 0.29) is 23.2 Å². The predicted octanol–water partition coefficient (Wildman–Crippen LogP) is 4.42. The molecule has 0 radical (unpaired) electrons. The zero-order valence-electron chi connectivity index (χ0n) is 21.6. The number of aliphatic hydroxyl groups excluding tert-OH is 1. The first-order chi connectivity index (χ1) is 20.3. The third-order valence-electron chi connectivity index (χ3n) is 6.41. The van der Waals surface area contributed by atoms with Crippen molar-refractivity contribution < 1.29 is 33.6 Å². The lowest BCUT2D eigenvalue weighted by molar-refractivity contribution is -0.302. The fraction of sp³-hybridized carbons (Fsp3) is 0.107. The topological polar surface area (TPSA) is 153 Å². The molecule has 3 aromatic heterocycles. The van der Waals surface area contributed by atoms with Crippen LogP contribution in [0.4, 0.5) is 26.4 Å². The highest BCUT2D eigenvalue weighted by Gasteiger charge is 2.36. The van der Waals surface area contributed by atoms with Crippen molar-refractivity contribution in [3.63, 3.8) is 0 Å². The number of pyridine rings is 1. The normalized spacial score (nSPS) is 13.2. The molecule has 1 fully saturated rings. The van der Waals surface area contributed by atoms with Gasteiger partial charge in [0.25, 0.3) is 0 Å². The number of benzene rings is 2. The second kappa shape index (κ2) is 10.9. The van der Waals surface area contributed by atoms with E-state index in [1.54, 1.807) is 41.3 Å². The molecule has 3 N–H and O–H groups in total. The van der Waals surface area contributed by atoms with Crippen LogP contribution in [0.15, 0.2) is 72.5 Å². The van der Waals surface area contributed by atoms with Crippen LogP contribution in [-0.2, 0) is 25.8 Å². The summed E-state index contributed by atoms with van der Waals surface area (Å²) < 4.78 is 16.7. The number of hydroxylamine groups is 2. The van der Waals surface area contributed by atoms with Gasteiger partial charge in [-0.1, -0.05) is 18.2 Å². The van der Waals surface area contributed by atoms with E-state index in [9.17, 15) is 23.9 Å². The van der Waals surface area contributed by atoms with Crippen molar-refractivity contribution in [2.24, 2.45) is 0 Å². The van der Waals surface area contributed by atoms with E-state index in [1.807, 2.05) is 11.6 Å². The fourth-order valence-electron chi connectivity index (χ4n) is 4.53. The van der Waals surface area contributed by atoms with Gasteiger partial charge >= 0.3 is 18.0 Å². The van der Waals surface area contributed by atoms with Gasteiger partial charge in [-0.2, -0.15) is 5.10 Å². The molecule has 1 saturated heterocycles. The summed E-state index contributed by atoms with van der Waals surface area (Å²) in [5.41, 5.74) is 9.92. The molecule has 14 heteroatoms. The van der Waals surface area contributed by atoms with Gasteiger partial charge in [-0.3, -0.25) is 9.58 Å². The van der Waals surface area contributed by atoms with Crippen LogP contribution in [0.2, 0.25) is 0 Å². The van der Waals surface area contributed by atoms with Gasteiger partial charge in [0.1, 0.15) is 18.1 Å². The largest absolute Gasteiger partial charge is 0.400 e. The van der Waals surface area contributed by atoms with Gasteiger partial charge in [-0.25, -0.2) is 23.8 Å². The Kier molecular flexibility index (Phi) is 6.98. The second-order valence-corrected chi connectivity index (χ2v) is 10.0. The number of nitrogens with two attached hydrogens (primary N) is 1. The Bertz CT molecular complexity index is 1820. The van der Waals surface area contributed by atoms with Gasteiger partial charge in [0.2, 0.25) is 0 Å². The van der Waals surface area contributed by atoms with Gasteiger partial charge in [-0.15, -0.1) is 11.3 Å². The minimum atomic E-state index is -1.05. The Balaban J connectivity index is 1.37. The van der Waals surface area contributed by atoms with Crippen LogP contribution in [0.5, 0.6) is 0 Å². The second-order valence-electron chi connectivity index (χ2n) is 9.13. The van der Waals surface area contributed by atoms with Crippen molar-refractivity contribution in [1.82, 2.24) is 20.0 Å². The molecule has 0 atom stereocenters. The summed E-state index contributed by atoms with van der Waals surface area (Å²) in [5, 5.41) is 16.4. The molecule has 1 aliphatic rings. The van der Waals surface area contributed by atoms with Gasteiger partial charge in [0.15, 0.2) is 0 Å². The number of carbonyl (C=O) groups excluding carboxylic acids is 3. The molecule has 6 rings (SSSR count). The summed E-state index contributed by atoms with van der Waals surface area (Å²) in [6.07, 6.45) is 4.57. The van der Waals surface area contributed by atoms with Gasteiger partial charge in [-0.05, 0) is 41.3 Å². The van der Waals surface area contributed by atoms with E-state index >= 15 is 0 Å². The van der Waals surface area contributed by atoms with Crippen LogP contribution in [-0.4, -0.2) is 49.7 Å². The van der Waals surface area contributed by atoms with Crippen LogP contribution < -0.4 is 10.6 Å². The monoisotopic (exact) mass is 588 g/mol. The number of anilines is 3. The molecule has 0 aliphatic carbocycles. The van der Waals surface area contributed by atoms with Crippen LogP contribution in [0.1, 0.15) is 6.42 Å². The highest BCUT2D eigenvalue weighted by Crippen LogP contribution is 2.42. The number of urea groups is 1. The van der Waals surface area contributed by atoms with E-state index in [0.717, 1.165) is 43.3 Å². The number of carbonyl (C=O) groups is 3.